The molecule has 1 heterocycles. The number of nitrogens with one attached hydrogen (secondary N) is 1. The summed E-state index contributed by atoms with van der Waals surface area (Å²) in [6, 6.07) is 3.84. The summed E-state index contributed by atoms with van der Waals surface area (Å²) in [4.78, 5) is 12.2. The van der Waals surface area contributed by atoms with Crippen molar-refractivity contribution in [2.24, 2.45) is 0 Å². The van der Waals surface area contributed by atoms with E-state index >= 15 is 0 Å². The van der Waals surface area contributed by atoms with Crippen LogP contribution in [0.15, 0.2) is 12.1 Å². The van der Waals surface area contributed by atoms with Crippen LogP contribution in [0.5, 0.6) is 0 Å². The molecule has 1 aromatic rings. The van der Waals surface area contributed by atoms with Gasteiger partial charge in [0.05, 0.1) is 10.4 Å². The van der Waals surface area contributed by atoms with Crippen molar-refractivity contribution < 1.29 is 4.79 Å². The predicted molar refractivity (Wildman–Crippen MR) is 56.2 cm³/mol. The lowest BCUT2D eigenvalue weighted by Crippen LogP contribution is -2.24. The predicted octanol–water partition coefficient (Wildman–Crippen LogP) is 2.99. The van der Waals surface area contributed by atoms with E-state index in [1.807, 2.05) is 26.0 Å². The Kier molecular flexibility index (Phi) is 3.75. The van der Waals surface area contributed by atoms with Gasteiger partial charge in [0.15, 0.2) is 0 Å². The highest BCUT2D eigenvalue weighted by atomic mass is 35.5. The third-order valence-corrected chi connectivity index (χ3v) is 3.13. The van der Waals surface area contributed by atoms with Crippen molar-refractivity contribution in [2.45, 2.75) is 26.3 Å². The fraction of sp³-hybridized carbons (Fsp3) is 0.444. The van der Waals surface area contributed by atoms with Crippen molar-refractivity contribution >= 4 is 28.8 Å². The first-order valence-electron chi connectivity index (χ1n) is 4.18. The first-order valence-corrected chi connectivity index (χ1v) is 5.37. The molecular formula is C9H12ClNOS. The van der Waals surface area contributed by atoms with Crippen molar-refractivity contribution in [3.63, 3.8) is 0 Å². The van der Waals surface area contributed by atoms with Gasteiger partial charge in [-0.05, 0) is 19.1 Å². The highest BCUT2D eigenvalue weighted by molar-refractivity contribution is 7.16. The number of carbonyl (C=O) groups is 1. The van der Waals surface area contributed by atoms with Crippen molar-refractivity contribution in [3.05, 3.63) is 21.3 Å². The van der Waals surface area contributed by atoms with Gasteiger partial charge in [-0.2, -0.15) is 0 Å². The number of hydrogen-bond acceptors (Lipinski definition) is 2. The smallest absolute Gasteiger partial charge is 0.220 e. The zero-order valence-corrected chi connectivity index (χ0v) is 9.21. The minimum atomic E-state index is 0.0601. The molecule has 0 aromatic carbocycles. The van der Waals surface area contributed by atoms with Gasteiger partial charge in [-0.3, -0.25) is 4.79 Å². The quantitative estimate of drug-likeness (QED) is 0.829. The summed E-state index contributed by atoms with van der Waals surface area (Å²) in [6.45, 7) is 3.79. The van der Waals surface area contributed by atoms with E-state index in [9.17, 15) is 4.79 Å². The summed E-state index contributed by atoms with van der Waals surface area (Å²) in [5.41, 5.74) is 0. The van der Waals surface area contributed by atoms with E-state index in [4.69, 9.17) is 11.6 Å². The molecule has 0 saturated carbocycles. The molecule has 0 saturated heterocycles. The maximum absolute atomic E-state index is 11.1. The Morgan fingerprint density at radius 2 is 2.38 bits per heavy atom. The van der Waals surface area contributed by atoms with Crippen molar-refractivity contribution in [3.8, 4) is 0 Å². The lowest BCUT2D eigenvalue weighted by molar-refractivity contribution is -0.121. The Bertz CT molecular complexity index is 298. The SMILES string of the molecule is CCC(=O)N[C@@H](C)c1ccc(Cl)s1. The zero-order chi connectivity index (χ0) is 9.84. The lowest BCUT2D eigenvalue weighted by Gasteiger charge is -2.10. The first kappa shape index (κ1) is 10.5. The van der Waals surface area contributed by atoms with E-state index in [2.05, 4.69) is 5.32 Å². The standard InChI is InChI=1S/C9H12ClNOS/c1-3-9(12)11-6(2)7-4-5-8(10)13-7/h4-6H,3H2,1-2H3,(H,11,12)/t6-/m0/s1. The Hall–Kier alpha value is -0.540. The molecule has 1 N–H and O–H groups in total. The summed E-state index contributed by atoms with van der Waals surface area (Å²) in [5, 5.41) is 2.87. The molecule has 0 bridgehead atoms. The van der Waals surface area contributed by atoms with Gasteiger partial charge in [0.25, 0.3) is 0 Å². The van der Waals surface area contributed by atoms with Gasteiger partial charge in [-0.1, -0.05) is 18.5 Å². The molecule has 4 heteroatoms. The molecular weight excluding hydrogens is 206 g/mol. The second kappa shape index (κ2) is 4.63. The first-order chi connectivity index (χ1) is 6.13. The Balaban J connectivity index is 2.58. The van der Waals surface area contributed by atoms with E-state index < -0.39 is 0 Å². The zero-order valence-electron chi connectivity index (χ0n) is 7.63. The second-order valence-corrected chi connectivity index (χ2v) is 4.53. The van der Waals surface area contributed by atoms with Crippen LogP contribution in [-0.4, -0.2) is 5.91 Å². The van der Waals surface area contributed by atoms with Gasteiger partial charge < -0.3 is 5.32 Å². The number of hydrogen-bond donors (Lipinski definition) is 1. The fourth-order valence-corrected chi connectivity index (χ4v) is 2.04. The third-order valence-electron chi connectivity index (χ3n) is 1.72. The topological polar surface area (TPSA) is 29.1 Å². The number of amides is 1. The highest BCUT2D eigenvalue weighted by Crippen LogP contribution is 2.26. The Morgan fingerprint density at radius 1 is 1.69 bits per heavy atom. The molecule has 1 amide bonds. The molecule has 0 aliphatic carbocycles. The summed E-state index contributed by atoms with van der Waals surface area (Å²) >= 11 is 7.28. The van der Waals surface area contributed by atoms with Gasteiger partial charge in [0, 0.05) is 11.3 Å². The van der Waals surface area contributed by atoms with Crippen LogP contribution in [0.3, 0.4) is 0 Å². The molecule has 0 fully saturated rings. The van der Waals surface area contributed by atoms with E-state index in [1.54, 1.807) is 0 Å². The van der Waals surface area contributed by atoms with Crippen LogP contribution in [0.1, 0.15) is 31.2 Å². The summed E-state index contributed by atoms with van der Waals surface area (Å²) in [7, 11) is 0. The van der Waals surface area contributed by atoms with Crippen LogP contribution in [0, 0.1) is 0 Å². The largest absolute Gasteiger partial charge is 0.349 e. The van der Waals surface area contributed by atoms with Gasteiger partial charge in [0.1, 0.15) is 0 Å². The normalized spacial score (nSPS) is 12.5. The van der Waals surface area contributed by atoms with Crippen LogP contribution in [0.4, 0.5) is 0 Å². The maximum Gasteiger partial charge on any atom is 0.220 e. The van der Waals surface area contributed by atoms with E-state index in [0.717, 1.165) is 9.21 Å². The monoisotopic (exact) mass is 217 g/mol. The number of rotatable bonds is 3. The lowest BCUT2D eigenvalue weighted by atomic mass is 10.2. The van der Waals surface area contributed by atoms with E-state index in [-0.39, 0.29) is 11.9 Å². The van der Waals surface area contributed by atoms with Crippen molar-refractivity contribution in [2.75, 3.05) is 0 Å². The summed E-state index contributed by atoms with van der Waals surface area (Å²) in [5.74, 6) is 0.0667. The molecule has 0 aliphatic rings. The summed E-state index contributed by atoms with van der Waals surface area (Å²) < 4.78 is 0.757. The van der Waals surface area contributed by atoms with Crippen LogP contribution < -0.4 is 5.32 Å². The minimum Gasteiger partial charge on any atom is -0.349 e. The van der Waals surface area contributed by atoms with Gasteiger partial charge in [0.2, 0.25) is 5.91 Å². The molecule has 72 valence electrons. The number of halogens is 1. The summed E-state index contributed by atoms with van der Waals surface area (Å²) in [6.07, 6.45) is 0.517. The molecule has 0 aliphatic heterocycles. The Labute approximate surface area is 86.9 Å². The molecule has 1 rings (SSSR count). The second-order valence-electron chi connectivity index (χ2n) is 2.78. The van der Waals surface area contributed by atoms with Crippen LogP contribution in [0.25, 0.3) is 0 Å². The van der Waals surface area contributed by atoms with Crippen LogP contribution >= 0.6 is 22.9 Å². The maximum atomic E-state index is 11.1. The number of thiophene rings is 1. The molecule has 1 atom stereocenters. The van der Waals surface area contributed by atoms with Gasteiger partial charge >= 0.3 is 0 Å². The van der Waals surface area contributed by atoms with Crippen molar-refractivity contribution in [1.29, 1.82) is 0 Å². The average molecular weight is 218 g/mol. The highest BCUT2D eigenvalue weighted by Gasteiger charge is 2.09. The fourth-order valence-electron chi connectivity index (χ4n) is 0.976. The van der Waals surface area contributed by atoms with Crippen LogP contribution in [0.2, 0.25) is 4.34 Å². The van der Waals surface area contributed by atoms with Crippen LogP contribution in [-0.2, 0) is 4.79 Å². The minimum absolute atomic E-state index is 0.0601. The number of carbonyl (C=O) groups excluding carboxylic acids is 1. The molecule has 2 nitrogen and oxygen atoms in total. The van der Waals surface area contributed by atoms with Gasteiger partial charge in [-0.25, -0.2) is 0 Å². The van der Waals surface area contributed by atoms with Crippen molar-refractivity contribution in [1.82, 2.24) is 5.32 Å². The van der Waals surface area contributed by atoms with Gasteiger partial charge in [-0.15, -0.1) is 11.3 Å². The molecule has 13 heavy (non-hydrogen) atoms. The van der Waals surface area contributed by atoms with E-state index in [1.165, 1.54) is 11.3 Å². The third kappa shape index (κ3) is 3.01. The van der Waals surface area contributed by atoms with E-state index in [0.29, 0.717) is 6.42 Å². The molecule has 0 radical (unpaired) electrons. The average Bonchev–Trinajstić information content (AvgIpc) is 2.51. The molecule has 0 unspecified atom stereocenters. The molecule has 1 aromatic heterocycles. The Morgan fingerprint density at radius 3 is 2.85 bits per heavy atom. The molecule has 0 spiro atoms.